The van der Waals surface area contributed by atoms with E-state index in [-0.39, 0.29) is 11.8 Å². The summed E-state index contributed by atoms with van der Waals surface area (Å²) in [5.41, 5.74) is 0.959. The minimum Gasteiger partial charge on any atom is -0.467 e. The molecule has 7 nitrogen and oxygen atoms in total. The monoisotopic (exact) mass is 323 g/mol. The first-order valence-electron chi connectivity index (χ1n) is 7.96. The molecule has 0 aromatic carbocycles. The van der Waals surface area contributed by atoms with Crippen LogP contribution in [0.25, 0.3) is 11.4 Å². The lowest BCUT2D eigenvalue weighted by Crippen LogP contribution is -2.32. The van der Waals surface area contributed by atoms with E-state index in [1.54, 1.807) is 24.7 Å². The molecule has 0 fully saturated rings. The summed E-state index contributed by atoms with van der Waals surface area (Å²) in [4.78, 5) is 16.6. The first-order valence-corrected chi connectivity index (χ1v) is 7.96. The average Bonchev–Trinajstić information content (AvgIpc) is 3.29. The van der Waals surface area contributed by atoms with E-state index in [2.05, 4.69) is 20.5 Å². The molecule has 1 unspecified atom stereocenters. The molecule has 0 saturated carbocycles. The Morgan fingerprint density at radius 1 is 1.29 bits per heavy atom. The zero-order chi connectivity index (χ0) is 16.4. The van der Waals surface area contributed by atoms with Gasteiger partial charge in [-0.25, -0.2) is 0 Å². The molecule has 4 heterocycles. The molecule has 3 aromatic rings. The van der Waals surface area contributed by atoms with Crippen LogP contribution in [-0.2, 0) is 17.9 Å². The van der Waals surface area contributed by atoms with Crippen molar-refractivity contribution in [2.75, 3.05) is 0 Å². The number of carbonyl (C=O) groups is 1. The quantitative estimate of drug-likeness (QED) is 0.795. The fraction of sp³-hybridized carbons (Fsp3) is 0.294. The summed E-state index contributed by atoms with van der Waals surface area (Å²) >= 11 is 0. The Morgan fingerprint density at radius 3 is 2.96 bits per heavy atom. The van der Waals surface area contributed by atoms with Crippen molar-refractivity contribution in [2.45, 2.75) is 31.8 Å². The van der Waals surface area contributed by atoms with E-state index in [1.165, 1.54) is 0 Å². The van der Waals surface area contributed by atoms with E-state index in [4.69, 9.17) is 4.42 Å². The van der Waals surface area contributed by atoms with Crippen molar-refractivity contribution in [3.8, 4) is 11.4 Å². The van der Waals surface area contributed by atoms with Crippen molar-refractivity contribution < 1.29 is 9.21 Å². The van der Waals surface area contributed by atoms with Crippen LogP contribution < -0.4 is 5.32 Å². The van der Waals surface area contributed by atoms with Gasteiger partial charge in [0.25, 0.3) is 0 Å². The molecule has 3 aromatic heterocycles. The Morgan fingerprint density at radius 2 is 2.17 bits per heavy atom. The molecule has 1 aliphatic rings. The second kappa shape index (κ2) is 6.27. The third-order valence-electron chi connectivity index (χ3n) is 4.24. The van der Waals surface area contributed by atoms with Crippen molar-refractivity contribution in [1.82, 2.24) is 25.1 Å². The molecule has 1 atom stereocenters. The van der Waals surface area contributed by atoms with Crippen molar-refractivity contribution in [2.24, 2.45) is 0 Å². The number of pyridine rings is 1. The topological polar surface area (TPSA) is 85.8 Å². The highest BCUT2D eigenvalue weighted by atomic mass is 16.3. The Labute approximate surface area is 138 Å². The van der Waals surface area contributed by atoms with Gasteiger partial charge in [-0.05, 0) is 37.1 Å². The lowest BCUT2D eigenvalue weighted by Gasteiger charge is -2.22. The second-order valence-electron chi connectivity index (χ2n) is 5.76. The Kier molecular flexibility index (Phi) is 3.82. The summed E-state index contributed by atoms with van der Waals surface area (Å²) in [5.74, 6) is 1.93. The van der Waals surface area contributed by atoms with Crippen molar-refractivity contribution in [3.63, 3.8) is 0 Å². The summed E-state index contributed by atoms with van der Waals surface area (Å²) in [6.07, 6.45) is 6.75. The van der Waals surface area contributed by atoms with Gasteiger partial charge in [-0.15, -0.1) is 10.2 Å². The second-order valence-corrected chi connectivity index (χ2v) is 5.76. The zero-order valence-electron chi connectivity index (χ0n) is 13.1. The van der Waals surface area contributed by atoms with E-state index >= 15 is 0 Å². The summed E-state index contributed by atoms with van der Waals surface area (Å²) < 4.78 is 7.29. The number of furan rings is 1. The highest BCUT2D eigenvalue weighted by Gasteiger charge is 2.31. The maximum atomic E-state index is 12.6. The first-order chi connectivity index (χ1) is 11.8. The molecule has 122 valence electrons. The fourth-order valence-electron chi connectivity index (χ4n) is 3.05. The number of hydrogen-bond donors (Lipinski definition) is 1. The van der Waals surface area contributed by atoms with Gasteiger partial charge in [-0.1, -0.05) is 0 Å². The predicted octanol–water partition coefficient (Wildman–Crippen LogP) is 2.13. The van der Waals surface area contributed by atoms with Crippen LogP contribution in [0.5, 0.6) is 0 Å². The van der Waals surface area contributed by atoms with Crippen LogP contribution in [0.1, 0.15) is 30.3 Å². The van der Waals surface area contributed by atoms with E-state index in [9.17, 15) is 4.79 Å². The van der Waals surface area contributed by atoms with E-state index in [0.717, 1.165) is 42.4 Å². The maximum absolute atomic E-state index is 12.6. The van der Waals surface area contributed by atoms with Crippen LogP contribution in [0.2, 0.25) is 0 Å². The van der Waals surface area contributed by atoms with Gasteiger partial charge >= 0.3 is 0 Å². The molecule has 1 aliphatic heterocycles. The van der Waals surface area contributed by atoms with E-state index < -0.39 is 0 Å². The number of hydrogen-bond acceptors (Lipinski definition) is 5. The van der Waals surface area contributed by atoms with Gasteiger partial charge in [0, 0.05) is 24.5 Å². The molecule has 0 saturated heterocycles. The molecule has 7 heteroatoms. The van der Waals surface area contributed by atoms with Crippen LogP contribution >= 0.6 is 0 Å². The highest BCUT2D eigenvalue weighted by molar-refractivity contribution is 5.83. The largest absolute Gasteiger partial charge is 0.467 e. The fourth-order valence-corrected chi connectivity index (χ4v) is 3.05. The smallest absolute Gasteiger partial charge is 0.231 e. The number of aromatic nitrogens is 4. The van der Waals surface area contributed by atoms with Crippen LogP contribution in [0, 0.1) is 0 Å². The van der Waals surface area contributed by atoms with Gasteiger partial charge in [-0.3, -0.25) is 9.78 Å². The van der Waals surface area contributed by atoms with Gasteiger partial charge < -0.3 is 14.3 Å². The summed E-state index contributed by atoms with van der Waals surface area (Å²) in [7, 11) is 0. The minimum absolute atomic E-state index is 0.0407. The van der Waals surface area contributed by atoms with Crippen molar-refractivity contribution >= 4 is 5.91 Å². The Hall–Kier alpha value is -2.96. The third kappa shape index (κ3) is 2.68. The normalized spacial score (nSPS) is 16.6. The zero-order valence-corrected chi connectivity index (χ0v) is 13.1. The molecule has 24 heavy (non-hydrogen) atoms. The van der Waals surface area contributed by atoms with Gasteiger partial charge in [0.2, 0.25) is 5.91 Å². The van der Waals surface area contributed by atoms with Gasteiger partial charge in [-0.2, -0.15) is 0 Å². The molecular weight excluding hydrogens is 306 g/mol. The summed E-state index contributed by atoms with van der Waals surface area (Å²) in [6.45, 7) is 1.20. The molecule has 0 spiro atoms. The minimum atomic E-state index is -0.281. The van der Waals surface area contributed by atoms with Gasteiger partial charge in [0.15, 0.2) is 5.82 Å². The number of nitrogens with one attached hydrogen (secondary N) is 1. The van der Waals surface area contributed by atoms with Crippen molar-refractivity contribution in [1.29, 1.82) is 0 Å². The molecule has 1 amide bonds. The molecule has 0 bridgehead atoms. The number of amides is 1. The highest BCUT2D eigenvalue weighted by Crippen LogP contribution is 2.30. The molecular formula is C17H17N5O2. The van der Waals surface area contributed by atoms with Crippen molar-refractivity contribution in [3.05, 3.63) is 54.5 Å². The number of nitrogens with zero attached hydrogens (tertiary/aromatic N) is 4. The third-order valence-corrected chi connectivity index (χ3v) is 4.24. The summed E-state index contributed by atoms with van der Waals surface area (Å²) in [5, 5.41) is 11.5. The molecule has 1 N–H and O–H groups in total. The lowest BCUT2D eigenvalue weighted by atomic mass is 9.97. The number of fused-ring (bicyclic) bond motifs is 1. The van der Waals surface area contributed by atoms with E-state index in [0.29, 0.717) is 6.54 Å². The van der Waals surface area contributed by atoms with Gasteiger partial charge in [0.05, 0.1) is 18.7 Å². The van der Waals surface area contributed by atoms with E-state index in [1.807, 2.05) is 22.8 Å². The average molecular weight is 323 g/mol. The maximum Gasteiger partial charge on any atom is 0.231 e. The Balaban J connectivity index is 1.56. The molecule has 0 aliphatic carbocycles. The van der Waals surface area contributed by atoms with Crippen LogP contribution in [0.3, 0.4) is 0 Å². The molecule has 0 radical (unpaired) electrons. The summed E-state index contributed by atoms with van der Waals surface area (Å²) in [6, 6.07) is 7.45. The van der Waals surface area contributed by atoms with Crippen LogP contribution in [-0.4, -0.2) is 25.7 Å². The Bertz CT molecular complexity index is 826. The van der Waals surface area contributed by atoms with Gasteiger partial charge in [0.1, 0.15) is 11.6 Å². The first kappa shape index (κ1) is 14.6. The predicted molar refractivity (Wildman–Crippen MR) is 85.8 cm³/mol. The number of rotatable bonds is 4. The van der Waals surface area contributed by atoms with Crippen LogP contribution in [0.15, 0.2) is 47.3 Å². The molecule has 4 rings (SSSR count). The number of carbonyl (C=O) groups excluding carboxylic acids is 1. The standard InChI is InChI=1S/C17H17N5O2/c23-17(19-11-13-3-2-10-24-13)14-4-1-9-22-15(20-21-16(14)22)12-5-7-18-8-6-12/h2-3,5-8,10,14H,1,4,9,11H2,(H,19,23). The SMILES string of the molecule is O=C(NCc1ccco1)C1CCCn2c(-c3ccncc3)nnc21. The van der Waals surface area contributed by atoms with Crippen LogP contribution in [0.4, 0.5) is 0 Å². The lowest BCUT2D eigenvalue weighted by molar-refractivity contribution is -0.123.